The van der Waals surface area contributed by atoms with E-state index in [0.717, 1.165) is 24.5 Å². The van der Waals surface area contributed by atoms with Crippen molar-refractivity contribution in [3.8, 4) is 0 Å². The van der Waals surface area contributed by atoms with Gasteiger partial charge in [0.25, 0.3) is 0 Å². The van der Waals surface area contributed by atoms with Gasteiger partial charge in [-0.3, -0.25) is 0 Å². The zero-order chi connectivity index (χ0) is 13.7. The summed E-state index contributed by atoms with van der Waals surface area (Å²) in [5, 5.41) is 4.35. The zero-order valence-electron chi connectivity index (χ0n) is 12.1. The number of rotatable bonds is 6. The first-order valence-electron chi connectivity index (χ1n) is 7.45. The predicted molar refractivity (Wildman–Crippen MR) is 84.1 cm³/mol. The van der Waals surface area contributed by atoms with E-state index >= 15 is 0 Å². The third-order valence-electron chi connectivity index (χ3n) is 4.08. The number of halogens is 1. The molecular weight excluding hydrogens is 256 g/mol. The molecule has 0 unspecified atom stereocenters. The molecule has 3 heteroatoms. The summed E-state index contributed by atoms with van der Waals surface area (Å²) < 4.78 is 0. The summed E-state index contributed by atoms with van der Waals surface area (Å²) in [6.07, 6.45) is 6.49. The third-order valence-corrected chi connectivity index (χ3v) is 4.43. The van der Waals surface area contributed by atoms with Gasteiger partial charge in [0.2, 0.25) is 0 Å². The minimum atomic E-state index is 0.684. The van der Waals surface area contributed by atoms with Gasteiger partial charge in [-0.05, 0) is 37.9 Å². The van der Waals surface area contributed by atoms with Gasteiger partial charge in [0.1, 0.15) is 0 Å². The maximum atomic E-state index is 6.39. The standard InChI is InChI=1S/C16H25ClN2/c1-3-11-18-12-14-15(17)9-6-10-16(14)19(2)13-7-4-5-8-13/h6,9-10,13,18H,3-5,7-8,11-12H2,1-2H3. The first kappa shape index (κ1) is 14.7. The van der Waals surface area contributed by atoms with Crippen molar-refractivity contribution < 1.29 is 0 Å². The van der Waals surface area contributed by atoms with E-state index in [2.05, 4.69) is 36.3 Å². The highest BCUT2D eigenvalue weighted by Gasteiger charge is 2.22. The van der Waals surface area contributed by atoms with Crippen LogP contribution in [0.4, 0.5) is 5.69 Å². The lowest BCUT2D eigenvalue weighted by Crippen LogP contribution is -2.30. The van der Waals surface area contributed by atoms with Crippen molar-refractivity contribution in [2.24, 2.45) is 0 Å². The summed E-state index contributed by atoms with van der Waals surface area (Å²) >= 11 is 6.39. The minimum Gasteiger partial charge on any atom is -0.371 e. The van der Waals surface area contributed by atoms with Gasteiger partial charge in [-0.25, -0.2) is 0 Å². The second-order valence-corrected chi connectivity index (χ2v) is 5.87. The van der Waals surface area contributed by atoms with Crippen molar-refractivity contribution in [2.75, 3.05) is 18.5 Å². The van der Waals surface area contributed by atoms with E-state index in [4.69, 9.17) is 11.6 Å². The first-order chi connectivity index (χ1) is 9.24. The Labute approximate surface area is 122 Å². The van der Waals surface area contributed by atoms with Crippen LogP contribution in [0.1, 0.15) is 44.6 Å². The molecule has 2 rings (SSSR count). The molecule has 0 aliphatic heterocycles. The normalized spacial score (nSPS) is 15.9. The highest BCUT2D eigenvalue weighted by atomic mass is 35.5. The molecule has 1 aliphatic carbocycles. The van der Waals surface area contributed by atoms with Crippen LogP contribution in [0.15, 0.2) is 18.2 Å². The van der Waals surface area contributed by atoms with Gasteiger partial charge in [-0.2, -0.15) is 0 Å². The van der Waals surface area contributed by atoms with E-state index in [9.17, 15) is 0 Å². The molecule has 1 aromatic rings. The molecule has 1 N–H and O–H groups in total. The monoisotopic (exact) mass is 280 g/mol. The molecule has 0 saturated heterocycles. The number of nitrogens with one attached hydrogen (secondary N) is 1. The van der Waals surface area contributed by atoms with Crippen LogP contribution in [-0.2, 0) is 6.54 Å². The van der Waals surface area contributed by atoms with Gasteiger partial charge in [-0.1, -0.05) is 37.4 Å². The Kier molecular flexibility index (Phi) is 5.53. The summed E-state index contributed by atoms with van der Waals surface area (Å²) in [5.74, 6) is 0. The SMILES string of the molecule is CCCNCc1c(Cl)cccc1N(C)C1CCCC1. The van der Waals surface area contributed by atoms with Gasteiger partial charge >= 0.3 is 0 Å². The predicted octanol–water partition coefficient (Wildman–Crippen LogP) is 4.22. The molecule has 0 spiro atoms. The van der Waals surface area contributed by atoms with E-state index in [0.29, 0.717) is 6.04 Å². The lowest BCUT2D eigenvalue weighted by Gasteiger charge is -2.29. The summed E-state index contributed by atoms with van der Waals surface area (Å²) in [5.41, 5.74) is 2.54. The van der Waals surface area contributed by atoms with E-state index < -0.39 is 0 Å². The molecule has 0 aromatic heterocycles. The fourth-order valence-electron chi connectivity index (χ4n) is 2.93. The molecule has 2 nitrogen and oxygen atoms in total. The molecule has 0 atom stereocenters. The maximum absolute atomic E-state index is 6.39. The summed E-state index contributed by atoms with van der Waals surface area (Å²) in [6.45, 7) is 4.09. The number of hydrogen-bond acceptors (Lipinski definition) is 2. The van der Waals surface area contributed by atoms with Crippen molar-refractivity contribution >= 4 is 17.3 Å². The largest absolute Gasteiger partial charge is 0.371 e. The Balaban J connectivity index is 2.15. The van der Waals surface area contributed by atoms with Crippen LogP contribution in [0.25, 0.3) is 0 Å². The van der Waals surface area contributed by atoms with Crippen molar-refractivity contribution in [3.63, 3.8) is 0 Å². The quantitative estimate of drug-likeness (QED) is 0.785. The summed E-state index contributed by atoms with van der Waals surface area (Å²) in [4.78, 5) is 2.43. The lowest BCUT2D eigenvalue weighted by atomic mass is 10.1. The van der Waals surface area contributed by atoms with Crippen molar-refractivity contribution in [2.45, 2.75) is 51.6 Å². The average Bonchev–Trinajstić information content (AvgIpc) is 2.94. The highest BCUT2D eigenvalue weighted by molar-refractivity contribution is 6.31. The molecule has 106 valence electrons. The topological polar surface area (TPSA) is 15.3 Å². The number of nitrogens with zero attached hydrogens (tertiary/aromatic N) is 1. The molecule has 0 bridgehead atoms. The zero-order valence-corrected chi connectivity index (χ0v) is 12.8. The van der Waals surface area contributed by atoms with Crippen molar-refractivity contribution in [1.82, 2.24) is 5.32 Å². The van der Waals surface area contributed by atoms with E-state index in [1.54, 1.807) is 0 Å². The number of benzene rings is 1. The summed E-state index contributed by atoms with van der Waals surface area (Å²) in [6, 6.07) is 6.94. The van der Waals surface area contributed by atoms with E-state index in [-0.39, 0.29) is 0 Å². The maximum Gasteiger partial charge on any atom is 0.0471 e. The van der Waals surface area contributed by atoms with Crippen LogP contribution >= 0.6 is 11.6 Å². The van der Waals surface area contributed by atoms with E-state index in [1.807, 2.05) is 6.07 Å². The summed E-state index contributed by atoms with van der Waals surface area (Å²) in [7, 11) is 2.21. The Bertz CT molecular complexity index is 400. The van der Waals surface area contributed by atoms with Crippen LogP contribution in [0.3, 0.4) is 0 Å². The molecule has 1 aliphatic rings. The fraction of sp³-hybridized carbons (Fsp3) is 0.625. The Morgan fingerprint density at radius 1 is 1.32 bits per heavy atom. The van der Waals surface area contributed by atoms with Gasteiger partial charge in [0, 0.05) is 35.9 Å². The van der Waals surface area contributed by atoms with Crippen LogP contribution in [0, 0.1) is 0 Å². The smallest absolute Gasteiger partial charge is 0.0471 e. The molecular formula is C16H25ClN2. The van der Waals surface area contributed by atoms with Crippen molar-refractivity contribution in [3.05, 3.63) is 28.8 Å². The first-order valence-corrected chi connectivity index (χ1v) is 7.82. The Hall–Kier alpha value is -0.730. The number of hydrogen-bond donors (Lipinski definition) is 1. The average molecular weight is 281 g/mol. The molecule has 0 amide bonds. The van der Waals surface area contributed by atoms with Gasteiger partial charge < -0.3 is 10.2 Å². The highest BCUT2D eigenvalue weighted by Crippen LogP contribution is 2.32. The van der Waals surface area contributed by atoms with Gasteiger partial charge in [-0.15, -0.1) is 0 Å². The van der Waals surface area contributed by atoms with Crippen LogP contribution < -0.4 is 10.2 Å². The Morgan fingerprint density at radius 3 is 2.74 bits per heavy atom. The molecule has 1 aromatic carbocycles. The molecule has 19 heavy (non-hydrogen) atoms. The van der Waals surface area contributed by atoms with Crippen LogP contribution in [-0.4, -0.2) is 19.6 Å². The van der Waals surface area contributed by atoms with Crippen molar-refractivity contribution in [1.29, 1.82) is 0 Å². The second-order valence-electron chi connectivity index (χ2n) is 5.46. The van der Waals surface area contributed by atoms with Crippen LogP contribution in [0.5, 0.6) is 0 Å². The molecule has 1 fully saturated rings. The molecule has 0 heterocycles. The van der Waals surface area contributed by atoms with Gasteiger partial charge in [0.15, 0.2) is 0 Å². The Morgan fingerprint density at radius 2 is 2.05 bits per heavy atom. The fourth-order valence-corrected chi connectivity index (χ4v) is 3.17. The van der Waals surface area contributed by atoms with E-state index in [1.165, 1.54) is 36.9 Å². The van der Waals surface area contributed by atoms with Gasteiger partial charge in [0.05, 0.1) is 0 Å². The lowest BCUT2D eigenvalue weighted by molar-refractivity contribution is 0.640. The van der Waals surface area contributed by atoms with Crippen LogP contribution in [0.2, 0.25) is 5.02 Å². The third kappa shape index (κ3) is 3.64. The molecule has 0 radical (unpaired) electrons. The molecule has 1 saturated carbocycles. The number of anilines is 1. The second kappa shape index (κ2) is 7.16. The minimum absolute atomic E-state index is 0.684.